The molecule has 6 heteroatoms. The molecule has 2 unspecified atom stereocenters. The quantitative estimate of drug-likeness (QED) is 0.633. The Morgan fingerprint density at radius 2 is 2.42 bits per heavy atom. The number of carbonyl (C=O) groups is 1. The molecule has 1 aromatic rings. The third-order valence-corrected chi connectivity index (χ3v) is 5.20. The van der Waals surface area contributed by atoms with Crippen molar-refractivity contribution >= 4 is 33.9 Å². The number of nitrogens with zero attached hydrogens (tertiary/aromatic N) is 3. The minimum absolute atomic E-state index is 0.00906. The second-order valence-corrected chi connectivity index (χ2v) is 6.47. The number of fused-ring (bicyclic) bond motifs is 1. The standard InChI is InChI=1S/C13H18ClN3OS/c1-9-6-16-4-2-3-10(16)7-17(9)13-15-11(8-19-13)12(18)5-14/h8-10H,2-7H2,1H3. The highest BCUT2D eigenvalue weighted by atomic mass is 35.5. The molecule has 0 saturated carbocycles. The largest absolute Gasteiger partial charge is 0.343 e. The lowest BCUT2D eigenvalue weighted by atomic mass is 10.1. The lowest BCUT2D eigenvalue weighted by Gasteiger charge is -2.42. The van der Waals surface area contributed by atoms with Gasteiger partial charge in [0.15, 0.2) is 10.9 Å². The maximum atomic E-state index is 11.6. The molecular formula is C13H18ClN3OS. The van der Waals surface area contributed by atoms with Crippen LogP contribution >= 0.6 is 22.9 Å². The van der Waals surface area contributed by atoms with Crippen LogP contribution in [0.15, 0.2) is 5.38 Å². The summed E-state index contributed by atoms with van der Waals surface area (Å²) >= 11 is 7.13. The van der Waals surface area contributed by atoms with Gasteiger partial charge in [0, 0.05) is 30.6 Å². The first-order chi connectivity index (χ1) is 9.19. The second kappa shape index (κ2) is 5.38. The van der Waals surface area contributed by atoms with E-state index in [9.17, 15) is 4.79 Å². The van der Waals surface area contributed by atoms with Crippen molar-refractivity contribution in [3.8, 4) is 0 Å². The number of hydrogen-bond acceptors (Lipinski definition) is 5. The van der Waals surface area contributed by atoms with Crippen LogP contribution in [0.1, 0.15) is 30.3 Å². The van der Waals surface area contributed by atoms with E-state index in [0.29, 0.717) is 17.8 Å². The number of aromatic nitrogens is 1. The van der Waals surface area contributed by atoms with E-state index in [-0.39, 0.29) is 11.7 Å². The molecule has 104 valence electrons. The van der Waals surface area contributed by atoms with Gasteiger partial charge in [-0.1, -0.05) is 0 Å². The Balaban J connectivity index is 1.77. The van der Waals surface area contributed by atoms with E-state index in [1.807, 2.05) is 5.38 Å². The van der Waals surface area contributed by atoms with Crippen LogP contribution in [-0.2, 0) is 0 Å². The fraction of sp³-hybridized carbons (Fsp3) is 0.692. The molecule has 0 aromatic carbocycles. The van der Waals surface area contributed by atoms with E-state index in [2.05, 4.69) is 21.7 Å². The van der Waals surface area contributed by atoms with Gasteiger partial charge in [0.25, 0.3) is 0 Å². The molecule has 1 aromatic heterocycles. The number of ketones is 1. The molecule has 2 aliphatic rings. The van der Waals surface area contributed by atoms with Crippen molar-refractivity contribution in [1.82, 2.24) is 9.88 Å². The summed E-state index contributed by atoms with van der Waals surface area (Å²) in [6, 6.07) is 1.12. The lowest BCUT2D eigenvalue weighted by molar-refractivity contribution is 0.101. The molecule has 0 amide bonds. The number of rotatable bonds is 3. The predicted octanol–water partition coefficient (Wildman–Crippen LogP) is 2.24. The molecule has 0 spiro atoms. The Morgan fingerprint density at radius 1 is 1.58 bits per heavy atom. The molecule has 0 aliphatic carbocycles. The maximum Gasteiger partial charge on any atom is 0.196 e. The number of thiazole rings is 1. The van der Waals surface area contributed by atoms with Crippen molar-refractivity contribution in [3.05, 3.63) is 11.1 Å². The Morgan fingerprint density at radius 3 is 3.21 bits per heavy atom. The third kappa shape index (κ3) is 2.51. The van der Waals surface area contributed by atoms with Crippen molar-refractivity contribution in [2.24, 2.45) is 0 Å². The summed E-state index contributed by atoms with van der Waals surface area (Å²) in [5.41, 5.74) is 0.510. The van der Waals surface area contributed by atoms with E-state index < -0.39 is 0 Å². The van der Waals surface area contributed by atoms with Gasteiger partial charge < -0.3 is 4.90 Å². The van der Waals surface area contributed by atoms with Gasteiger partial charge in [-0.25, -0.2) is 4.98 Å². The van der Waals surface area contributed by atoms with Crippen LogP contribution in [0.3, 0.4) is 0 Å². The molecule has 3 rings (SSSR count). The van der Waals surface area contributed by atoms with E-state index >= 15 is 0 Å². The molecule has 0 bridgehead atoms. The average Bonchev–Trinajstić information content (AvgIpc) is 3.04. The van der Waals surface area contributed by atoms with E-state index in [4.69, 9.17) is 11.6 Å². The number of Topliss-reactive ketones (excluding diaryl/α,β-unsaturated/α-hetero) is 1. The zero-order chi connectivity index (χ0) is 13.4. The Bertz CT molecular complexity index is 478. The highest BCUT2D eigenvalue weighted by molar-refractivity contribution is 7.14. The zero-order valence-electron chi connectivity index (χ0n) is 11.0. The van der Waals surface area contributed by atoms with Crippen LogP contribution in [0.25, 0.3) is 0 Å². The van der Waals surface area contributed by atoms with E-state index in [1.165, 1.54) is 19.4 Å². The predicted molar refractivity (Wildman–Crippen MR) is 78.6 cm³/mol. The van der Waals surface area contributed by atoms with Gasteiger partial charge in [0.05, 0.1) is 5.88 Å². The second-order valence-electron chi connectivity index (χ2n) is 5.36. The molecule has 19 heavy (non-hydrogen) atoms. The van der Waals surface area contributed by atoms with Crippen molar-refractivity contribution in [1.29, 1.82) is 0 Å². The normalized spacial score (nSPS) is 27.6. The average molecular weight is 300 g/mol. The number of hydrogen-bond donors (Lipinski definition) is 0. The zero-order valence-corrected chi connectivity index (χ0v) is 12.6. The number of alkyl halides is 1. The van der Waals surface area contributed by atoms with Crippen LogP contribution < -0.4 is 4.90 Å². The van der Waals surface area contributed by atoms with Gasteiger partial charge in [-0.15, -0.1) is 22.9 Å². The summed E-state index contributed by atoms with van der Waals surface area (Å²) in [6.45, 7) is 5.60. The van der Waals surface area contributed by atoms with Gasteiger partial charge >= 0.3 is 0 Å². The summed E-state index contributed by atoms with van der Waals surface area (Å²) in [7, 11) is 0. The lowest BCUT2D eigenvalue weighted by Crippen LogP contribution is -2.55. The first-order valence-corrected chi connectivity index (χ1v) is 8.16. The van der Waals surface area contributed by atoms with Gasteiger partial charge in [-0.05, 0) is 26.3 Å². The number of carbonyl (C=O) groups excluding carboxylic acids is 1. The van der Waals surface area contributed by atoms with Crippen LogP contribution in [0.2, 0.25) is 0 Å². The van der Waals surface area contributed by atoms with Crippen LogP contribution in [0, 0.1) is 0 Å². The van der Waals surface area contributed by atoms with Crippen molar-refractivity contribution in [3.63, 3.8) is 0 Å². The monoisotopic (exact) mass is 299 g/mol. The summed E-state index contributed by atoms with van der Waals surface area (Å²) in [5.74, 6) is -0.0777. The van der Waals surface area contributed by atoms with Crippen LogP contribution in [0.5, 0.6) is 0 Å². The molecule has 4 nitrogen and oxygen atoms in total. The maximum absolute atomic E-state index is 11.6. The molecule has 0 N–H and O–H groups in total. The fourth-order valence-corrected chi connectivity index (χ4v) is 4.13. The van der Waals surface area contributed by atoms with Crippen molar-refractivity contribution < 1.29 is 4.79 Å². The smallest absolute Gasteiger partial charge is 0.196 e. The van der Waals surface area contributed by atoms with Crippen LogP contribution in [-0.4, -0.2) is 53.3 Å². The molecular weight excluding hydrogens is 282 g/mol. The summed E-state index contributed by atoms with van der Waals surface area (Å²) in [5, 5.41) is 2.79. The van der Waals surface area contributed by atoms with Gasteiger partial charge in [0.1, 0.15) is 5.69 Å². The Kier molecular flexibility index (Phi) is 3.78. The minimum atomic E-state index is -0.0867. The fourth-order valence-electron chi connectivity index (χ4n) is 3.05. The Labute approximate surface area is 122 Å². The number of halogens is 1. The molecule has 3 heterocycles. The van der Waals surface area contributed by atoms with E-state index in [1.54, 1.807) is 11.3 Å². The molecule has 2 fully saturated rings. The van der Waals surface area contributed by atoms with E-state index in [0.717, 1.165) is 18.2 Å². The highest BCUT2D eigenvalue weighted by Gasteiger charge is 2.35. The van der Waals surface area contributed by atoms with Gasteiger partial charge in [-0.3, -0.25) is 9.69 Å². The minimum Gasteiger partial charge on any atom is -0.343 e. The topological polar surface area (TPSA) is 36.4 Å². The van der Waals surface area contributed by atoms with Gasteiger partial charge in [-0.2, -0.15) is 0 Å². The molecule has 2 atom stereocenters. The first kappa shape index (κ1) is 13.3. The van der Waals surface area contributed by atoms with Gasteiger partial charge in [0.2, 0.25) is 0 Å². The summed E-state index contributed by atoms with van der Waals surface area (Å²) < 4.78 is 0. The SMILES string of the molecule is CC1CN2CCCC2CN1c1nc(C(=O)CCl)cs1. The first-order valence-electron chi connectivity index (χ1n) is 6.74. The molecule has 2 aliphatic heterocycles. The third-order valence-electron chi connectivity index (χ3n) is 4.08. The number of anilines is 1. The molecule has 2 saturated heterocycles. The Hall–Kier alpha value is -0.650. The summed E-state index contributed by atoms with van der Waals surface area (Å²) in [6.07, 6.45) is 2.58. The summed E-state index contributed by atoms with van der Waals surface area (Å²) in [4.78, 5) is 21.0. The van der Waals surface area contributed by atoms with Crippen molar-refractivity contribution in [2.75, 3.05) is 30.4 Å². The van der Waals surface area contributed by atoms with Crippen molar-refractivity contribution in [2.45, 2.75) is 31.8 Å². The molecule has 0 radical (unpaired) electrons. The highest BCUT2D eigenvalue weighted by Crippen LogP contribution is 2.30. The number of piperazine rings is 1. The van der Waals surface area contributed by atoms with Crippen LogP contribution in [0.4, 0.5) is 5.13 Å².